The number of anilines is 2. The molecule has 1 amide bonds. The number of rotatable bonds is 6. The fourth-order valence-corrected chi connectivity index (χ4v) is 3.46. The van der Waals surface area contributed by atoms with Crippen LogP contribution in [0.15, 0.2) is 47.8 Å². The first-order valence-corrected chi connectivity index (χ1v) is 9.82. The molecule has 2 aromatic carbocycles. The summed E-state index contributed by atoms with van der Waals surface area (Å²) in [6, 6.07) is 13.0. The number of hydrogen-bond acceptors (Lipinski definition) is 7. The largest absolute Gasteiger partial charge is 0.366 e. The molecule has 2 heterocycles. The SMILES string of the molecule is Cc1ccc(Nc2nc(Cn3nnc(-c4ccc(C(N)=O)cc4)n3)cs2)cc1C. The zero-order valence-corrected chi connectivity index (χ0v) is 16.8. The lowest BCUT2D eigenvalue weighted by atomic mass is 10.1. The van der Waals surface area contributed by atoms with Crippen molar-refractivity contribution in [3.8, 4) is 11.4 Å². The van der Waals surface area contributed by atoms with Gasteiger partial charge in [-0.25, -0.2) is 4.98 Å². The number of thiazole rings is 1. The van der Waals surface area contributed by atoms with Crippen LogP contribution in [-0.4, -0.2) is 31.1 Å². The van der Waals surface area contributed by atoms with E-state index in [9.17, 15) is 4.79 Å². The highest BCUT2D eigenvalue weighted by atomic mass is 32.1. The molecule has 0 aliphatic rings. The van der Waals surface area contributed by atoms with Crippen LogP contribution in [0.4, 0.5) is 10.8 Å². The Kier molecular flexibility index (Phi) is 5.05. The van der Waals surface area contributed by atoms with Crippen LogP contribution in [0.2, 0.25) is 0 Å². The van der Waals surface area contributed by atoms with Crippen molar-refractivity contribution in [1.82, 2.24) is 25.2 Å². The van der Waals surface area contributed by atoms with Gasteiger partial charge in [0.1, 0.15) is 6.54 Å². The van der Waals surface area contributed by atoms with E-state index >= 15 is 0 Å². The van der Waals surface area contributed by atoms with E-state index in [0.717, 1.165) is 22.1 Å². The lowest BCUT2D eigenvalue weighted by molar-refractivity contribution is 0.100. The Morgan fingerprint density at radius 3 is 2.66 bits per heavy atom. The first kappa shape index (κ1) is 18.8. The number of nitrogens with two attached hydrogens (primary N) is 1. The molecule has 9 heteroatoms. The molecule has 146 valence electrons. The molecule has 0 atom stereocenters. The van der Waals surface area contributed by atoms with Gasteiger partial charge in [-0.2, -0.15) is 4.80 Å². The zero-order valence-electron chi connectivity index (χ0n) is 16.0. The van der Waals surface area contributed by atoms with Crippen LogP contribution in [0.3, 0.4) is 0 Å². The Labute approximate surface area is 171 Å². The quantitative estimate of drug-likeness (QED) is 0.509. The van der Waals surface area contributed by atoms with Crippen molar-refractivity contribution in [2.24, 2.45) is 5.73 Å². The van der Waals surface area contributed by atoms with Gasteiger partial charge in [0.05, 0.1) is 5.69 Å². The van der Waals surface area contributed by atoms with Crippen molar-refractivity contribution in [1.29, 1.82) is 0 Å². The Bertz CT molecular complexity index is 1160. The number of nitrogens with zero attached hydrogens (tertiary/aromatic N) is 5. The van der Waals surface area contributed by atoms with Gasteiger partial charge in [0, 0.05) is 22.2 Å². The highest BCUT2D eigenvalue weighted by Gasteiger charge is 2.10. The van der Waals surface area contributed by atoms with Crippen molar-refractivity contribution in [3.63, 3.8) is 0 Å². The number of carbonyl (C=O) groups is 1. The second kappa shape index (κ2) is 7.80. The molecular formula is C20H19N7OS. The first-order valence-electron chi connectivity index (χ1n) is 8.94. The number of benzene rings is 2. The number of hydrogen-bond donors (Lipinski definition) is 2. The number of carbonyl (C=O) groups excluding carboxylic acids is 1. The average molecular weight is 405 g/mol. The highest BCUT2D eigenvalue weighted by molar-refractivity contribution is 7.13. The number of nitrogens with one attached hydrogen (secondary N) is 1. The second-order valence-electron chi connectivity index (χ2n) is 6.65. The third kappa shape index (κ3) is 4.30. The lowest BCUT2D eigenvalue weighted by Crippen LogP contribution is -2.10. The summed E-state index contributed by atoms with van der Waals surface area (Å²) in [5.74, 6) is 0.00614. The molecule has 0 unspecified atom stereocenters. The summed E-state index contributed by atoms with van der Waals surface area (Å²) in [4.78, 5) is 17.3. The molecule has 0 aliphatic heterocycles. The summed E-state index contributed by atoms with van der Waals surface area (Å²) in [5.41, 5.74) is 10.8. The van der Waals surface area contributed by atoms with Gasteiger partial charge >= 0.3 is 0 Å². The van der Waals surface area contributed by atoms with Crippen LogP contribution in [0.5, 0.6) is 0 Å². The Hall–Kier alpha value is -3.59. The Balaban J connectivity index is 1.44. The first-order chi connectivity index (χ1) is 14.0. The molecule has 2 aromatic heterocycles. The summed E-state index contributed by atoms with van der Waals surface area (Å²) < 4.78 is 0. The van der Waals surface area contributed by atoms with Crippen molar-refractivity contribution in [3.05, 3.63) is 70.2 Å². The van der Waals surface area contributed by atoms with Gasteiger partial charge in [0.2, 0.25) is 11.7 Å². The minimum absolute atomic E-state index is 0.414. The number of aryl methyl sites for hydroxylation is 2. The maximum Gasteiger partial charge on any atom is 0.248 e. The minimum atomic E-state index is -0.470. The predicted molar refractivity (Wildman–Crippen MR) is 112 cm³/mol. The van der Waals surface area contributed by atoms with E-state index in [2.05, 4.69) is 51.7 Å². The molecule has 3 N–H and O–H groups in total. The van der Waals surface area contributed by atoms with Crippen molar-refractivity contribution in [2.45, 2.75) is 20.4 Å². The van der Waals surface area contributed by atoms with Crippen LogP contribution in [0, 0.1) is 13.8 Å². The number of tetrazole rings is 1. The molecule has 4 aromatic rings. The van der Waals surface area contributed by atoms with Gasteiger partial charge in [0.25, 0.3) is 0 Å². The molecule has 29 heavy (non-hydrogen) atoms. The van der Waals surface area contributed by atoms with Crippen molar-refractivity contribution in [2.75, 3.05) is 5.32 Å². The van der Waals surface area contributed by atoms with E-state index in [4.69, 9.17) is 5.73 Å². The lowest BCUT2D eigenvalue weighted by Gasteiger charge is -2.05. The summed E-state index contributed by atoms with van der Waals surface area (Å²) in [6.07, 6.45) is 0. The number of primary amides is 1. The molecule has 0 saturated heterocycles. The molecule has 0 aliphatic carbocycles. The molecule has 0 radical (unpaired) electrons. The Morgan fingerprint density at radius 1 is 1.14 bits per heavy atom. The zero-order chi connectivity index (χ0) is 20.4. The van der Waals surface area contributed by atoms with Gasteiger partial charge < -0.3 is 11.1 Å². The van der Waals surface area contributed by atoms with E-state index < -0.39 is 5.91 Å². The van der Waals surface area contributed by atoms with Gasteiger partial charge in [-0.15, -0.1) is 21.5 Å². The predicted octanol–water partition coefficient (Wildman–Crippen LogP) is 3.30. The molecule has 0 bridgehead atoms. The van der Waals surface area contributed by atoms with Crippen LogP contribution in [0.25, 0.3) is 11.4 Å². The highest BCUT2D eigenvalue weighted by Crippen LogP contribution is 2.23. The van der Waals surface area contributed by atoms with Gasteiger partial charge in [-0.3, -0.25) is 4.79 Å². The maximum atomic E-state index is 11.2. The standard InChI is InChI=1S/C20H19N7OS/c1-12-3-8-16(9-13(12)2)22-20-23-17(11-29-20)10-27-25-19(24-26-27)15-6-4-14(5-7-15)18(21)28/h3-9,11H,10H2,1-2H3,(H2,21,28)(H,22,23). The number of amides is 1. The average Bonchev–Trinajstić information content (AvgIpc) is 3.35. The summed E-state index contributed by atoms with van der Waals surface area (Å²) in [6.45, 7) is 4.59. The Morgan fingerprint density at radius 2 is 1.93 bits per heavy atom. The summed E-state index contributed by atoms with van der Waals surface area (Å²) >= 11 is 1.53. The maximum absolute atomic E-state index is 11.2. The molecule has 0 fully saturated rings. The topological polar surface area (TPSA) is 112 Å². The molecule has 4 rings (SSSR count). The minimum Gasteiger partial charge on any atom is -0.366 e. The third-order valence-electron chi connectivity index (χ3n) is 4.49. The molecule has 8 nitrogen and oxygen atoms in total. The molecular weight excluding hydrogens is 386 g/mol. The van der Waals surface area contributed by atoms with E-state index in [1.807, 2.05) is 11.4 Å². The van der Waals surface area contributed by atoms with Gasteiger partial charge in [-0.1, -0.05) is 18.2 Å². The fraction of sp³-hybridized carbons (Fsp3) is 0.150. The van der Waals surface area contributed by atoms with Crippen LogP contribution in [0.1, 0.15) is 27.2 Å². The normalized spacial score (nSPS) is 10.8. The second-order valence-corrected chi connectivity index (χ2v) is 7.51. The van der Waals surface area contributed by atoms with Crippen molar-refractivity contribution < 1.29 is 4.79 Å². The van der Waals surface area contributed by atoms with E-state index in [-0.39, 0.29) is 0 Å². The van der Waals surface area contributed by atoms with Crippen LogP contribution < -0.4 is 11.1 Å². The van der Waals surface area contributed by atoms with Crippen LogP contribution in [-0.2, 0) is 6.54 Å². The fourth-order valence-electron chi connectivity index (χ4n) is 2.73. The molecule has 0 saturated carbocycles. The van der Waals surface area contributed by atoms with Crippen molar-refractivity contribution >= 4 is 28.1 Å². The summed E-state index contributed by atoms with van der Waals surface area (Å²) in [7, 11) is 0. The number of aromatic nitrogens is 5. The van der Waals surface area contributed by atoms with Gasteiger partial charge in [0.15, 0.2) is 5.13 Å². The third-order valence-corrected chi connectivity index (χ3v) is 5.30. The summed E-state index contributed by atoms with van der Waals surface area (Å²) in [5, 5.41) is 18.7. The molecule has 0 spiro atoms. The van der Waals surface area contributed by atoms with E-state index in [1.54, 1.807) is 24.3 Å². The van der Waals surface area contributed by atoms with Gasteiger partial charge in [-0.05, 0) is 54.5 Å². The monoisotopic (exact) mass is 405 g/mol. The van der Waals surface area contributed by atoms with E-state index in [1.165, 1.54) is 27.3 Å². The van der Waals surface area contributed by atoms with Crippen LogP contribution >= 0.6 is 11.3 Å². The smallest absolute Gasteiger partial charge is 0.248 e. The van der Waals surface area contributed by atoms with E-state index in [0.29, 0.717) is 17.9 Å².